The van der Waals surface area contributed by atoms with Crippen molar-refractivity contribution in [1.29, 1.82) is 0 Å². The molecule has 0 amide bonds. The van der Waals surface area contributed by atoms with E-state index in [0.29, 0.717) is 0 Å². The zero-order chi connectivity index (χ0) is 11.3. The van der Waals surface area contributed by atoms with Gasteiger partial charge in [0.2, 0.25) is 0 Å². The number of aliphatic hydroxyl groups excluding tert-OH is 1. The van der Waals surface area contributed by atoms with Gasteiger partial charge in [0, 0.05) is 5.54 Å². The molecular weight excluding hydrogens is 218 g/mol. The molecule has 0 radical (unpaired) electrons. The molecular formula is C13H21NOS. The van der Waals surface area contributed by atoms with E-state index in [2.05, 4.69) is 22.1 Å². The van der Waals surface area contributed by atoms with Crippen molar-refractivity contribution in [2.75, 3.05) is 13.2 Å². The molecule has 1 aliphatic carbocycles. The van der Waals surface area contributed by atoms with Crippen molar-refractivity contribution in [3.05, 3.63) is 22.4 Å². The van der Waals surface area contributed by atoms with Crippen LogP contribution in [-0.2, 0) is 6.42 Å². The van der Waals surface area contributed by atoms with Gasteiger partial charge in [0.05, 0.1) is 6.61 Å². The van der Waals surface area contributed by atoms with Crippen molar-refractivity contribution in [3.63, 3.8) is 0 Å². The minimum Gasteiger partial charge on any atom is -0.394 e. The van der Waals surface area contributed by atoms with E-state index in [-0.39, 0.29) is 12.1 Å². The molecule has 0 unspecified atom stereocenters. The lowest BCUT2D eigenvalue weighted by atomic mass is 9.82. The fourth-order valence-electron chi connectivity index (χ4n) is 2.53. The maximum Gasteiger partial charge on any atom is 0.0613 e. The third-order valence-electron chi connectivity index (χ3n) is 3.61. The van der Waals surface area contributed by atoms with Crippen molar-refractivity contribution in [2.45, 2.75) is 44.1 Å². The van der Waals surface area contributed by atoms with E-state index in [4.69, 9.17) is 0 Å². The predicted molar refractivity (Wildman–Crippen MR) is 68.9 cm³/mol. The highest BCUT2D eigenvalue weighted by Crippen LogP contribution is 2.27. The SMILES string of the molecule is OCC1(NCCc2ccsc2)CCCCC1. The van der Waals surface area contributed by atoms with Gasteiger partial charge in [0.15, 0.2) is 0 Å². The molecule has 1 aliphatic rings. The summed E-state index contributed by atoms with van der Waals surface area (Å²) < 4.78 is 0. The van der Waals surface area contributed by atoms with Gasteiger partial charge < -0.3 is 10.4 Å². The minimum absolute atomic E-state index is 0.0221. The van der Waals surface area contributed by atoms with Crippen LogP contribution in [0.15, 0.2) is 16.8 Å². The van der Waals surface area contributed by atoms with Gasteiger partial charge in [-0.15, -0.1) is 0 Å². The summed E-state index contributed by atoms with van der Waals surface area (Å²) in [6.07, 6.45) is 7.18. The lowest BCUT2D eigenvalue weighted by Crippen LogP contribution is -2.50. The molecule has 0 bridgehead atoms. The van der Waals surface area contributed by atoms with Crippen molar-refractivity contribution >= 4 is 11.3 Å². The van der Waals surface area contributed by atoms with Gasteiger partial charge in [-0.25, -0.2) is 0 Å². The summed E-state index contributed by atoms with van der Waals surface area (Å²) in [6, 6.07) is 2.18. The molecule has 3 heteroatoms. The summed E-state index contributed by atoms with van der Waals surface area (Å²) in [5.41, 5.74) is 1.43. The smallest absolute Gasteiger partial charge is 0.0613 e. The van der Waals surface area contributed by atoms with Gasteiger partial charge >= 0.3 is 0 Å². The third kappa shape index (κ3) is 3.06. The number of thiophene rings is 1. The van der Waals surface area contributed by atoms with Crippen LogP contribution >= 0.6 is 11.3 Å². The molecule has 2 nitrogen and oxygen atoms in total. The van der Waals surface area contributed by atoms with Gasteiger partial charge in [-0.05, 0) is 48.2 Å². The standard InChI is InChI=1S/C13H21NOS/c15-11-13(6-2-1-3-7-13)14-8-4-12-5-9-16-10-12/h5,9-10,14-15H,1-4,6-8,11H2. The molecule has 1 heterocycles. The molecule has 2 rings (SSSR count). The molecule has 1 aromatic rings. The number of hydrogen-bond acceptors (Lipinski definition) is 3. The Morgan fingerprint density at radius 2 is 2.12 bits per heavy atom. The van der Waals surface area contributed by atoms with E-state index in [0.717, 1.165) is 25.8 Å². The Labute approximate surface area is 102 Å². The molecule has 90 valence electrons. The highest BCUT2D eigenvalue weighted by atomic mass is 32.1. The lowest BCUT2D eigenvalue weighted by molar-refractivity contribution is 0.122. The second-order valence-corrected chi connectivity index (χ2v) is 5.59. The summed E-state index contributed by atoms with van der Waals surface area (Å²) in [5, 5.41) is 17.4. The first-order valence-corrected chi connectivity index (χ1v) is 7.16. The maximum absolute atomic E-state index is 9.54. The Kier molecular flexibility index (Phi) is 4.38. The maximum atomic E-state index is 9.54. The monoisotopic (exact) mass is 239 g/mol. The summed E-state index contributed by atoms with van der Waals surface area (Å²) in [5.74, 6) is 0. The first-order valence-electron chi connectivity index (χ1n) is 6.22. The molecule has 2 N–H and O–H groups in total. The van der Waals surface area contributed by atoms with Crippen LogP contribution in [-0.4, -0.2) is 23.8 Å². The molecule has 0 saturated heterocycles. The Balaban J connectivity index is 1.78. The van der Waals surface area contributed by atoms with E-state index in [9.17, 15) is 5.11 Å². The van der Waals surface area contributed by atoms with Gasteiger partial charge in [-0.1, -0.05) is 19.3 Å². The average molecular weight is 239 g/mol. The van der Waals surface area contributed by atoms with Crippen molar-refractivity contribution < 1.29 is 5.11 Å². The van der Waals surface area contributed by atoms with E-state index < -0.39 is 0 Å². The molecule has 16 heavy (non-hydrogen) atoms. The van der Waals surface area contributed by atoms with Crippen molar-refractivity contribution in [1.82, 2.24) is 5.32 Å². The first kappa shape index (κ1) is 12.1. The summed E-state index contributed by atoms with van der Waals surface area (Å²) in [6.45, 7) is 1.27. The van der Waals surface area contributed by atoms with Crippen LogP contribution in [0.1, 0.15) is 37.7 Å². The summed E-state index contributed by atoms with van der Waals surface area (Å²) >= 11 is 1.75. The quantitative estimate of drug-likeness (QED) is 0.828. The third-order valence-corrected chi connectivity index (χ3v) is 4.34. The Hall–Kier alpha value is -0.380. The van der Waals surface area contributed by atoms with Crippen LogP contribution in [0.2, 0.25) is 0 Å². The van der Waals surface area contributed by atoms with Crippen LogP contribution in [0.25, 0.3) is 0 Å². The normalized spacial score (nSPS) is 19.8. The Bertz CT molecular complexity index is 291. The average Bonchev–Trinajstić information content (AvgIpc) is 2.83. The zero-order valence-corrected chi connectivity index (χ0v) is 10.6. The molecule has 1 aromatic heterocycles. The Morgan fingerprint density at radius 1 is 1.31 bits per heavy atom. The number of hydrogen-bond donors (Lipinski definition) is 2. The Morgan fingerprint density at radius 3 is 2.75 bits per heavy atom. The molecule has 1 saturated carbocycles. The van der Waals surface area contributed by atoms with E-state index >= 15 is 0 Å². The van der Waals surface area contributed by atoms with Crippen LogP contribution in [0, 0.1) is 0 Å². The second kappa shape index (κ2) is 5.80. The van der Waals surface area contributed by atoms with Crippen LogP contribution in [0.3, 0.4) is 0 Å². The van der Waals surface area contributed by atoms with Gasteiger partial charge in [-0.2, -0.15) is 11.3 Å². The second-order valence-electron chi connectivity index (χ2n) is 4.81. The summed E-state index contributed by atoms with van der Waals surface area (Å²) in [4.78, 5) is 0. The van der Waals surface area contributed by atoms with E-state index in [1.54, 1.807) is 11.3 Å². The summed E-state index contributed by atoms with van der Waals surface area (Å²) in [7, 11) is 0. The number of rotatable bonds is 5. The van der Waals surface area contributed by atoms with Gasteiger partial charge in [0.25, 0.3) is 0 Å². The molecule has 0 atom stereocenters. The number of aliphatic hydroxyl groups is 1. The highest BCUT2D eigenvalue weighted by Gasteiger charge is 2.30. The molecule has 0 aliphatic heterocycles. The molecule has 0 spiro atoms. The van der Waals surface area contributed by atoms with Crippen LogP contribution in [0.5, 0.6) is 0 Å². The first-order chi connectivity index (χ1) is 7.85. The van der Waals surface area contributed by atoms with Crippen molar-refractivity contribution in [2.24, 2.45) is 0 Å². The topological polar surface area (TPSA) is 32.3 Å². The highest BCUT2D eigenvalue weighted by molar-refractivity contribution is 7.07. The molecule has 0 aromatic carbocycles. The molecule has 1 fully saturated rings. The van der Waals surface area contributed by atoms with Crippen LogP contribution in [0.4, 0.5) is 0 Å². The fraction of sp³-hybridized carbons (Fsp3) is 0.692. The number of nitrogens with one attached hydrogen (secondary N) is 1. The van der Waals surface area contributed by atoms with E-state index in [1.165, 1.54) is 24.8 Å². The fourth-order valence-corrected chi connectivity index (χ4v) is 3.23. The predicted octanol–water partition coefficient (Wildman–Crippen LogP) is 2.58. The van der Waals surface area contributed by atoms with Crippen molar-refractivity contribution in [3.8, 4) is 0 Å². The zero-order valence-electron chi connectivity index (χ0n) is 9.74. The van der Waals surface area contributed by atoms with Gasteiger partial charge in [0.1, 0.15) is 0 Å². The largest absolute Gasteiger partial charge is 0.394 e. The minimum atomic E-state index is 0.0221. The van der Waals surface area contributed by atoms with Crippen LogP contribution < -0.4 is 5.32 Å². The van der Waals surface area contributed by atoms with Gasteiger partial charge in [-0.3, -0.25) is 0 Å². The lowest BCUT2D eigenvalue weighted by Gasteiger charge is -2.36. The van der Waals surface area contributed by atoms with E-state index in [1.807, 2.05) is 0 Å².